The smallest absolute Gasteiger partial charge is 0.124 e. The van der Waals surface area contributed by atoms with Gasteiger partial charge in [0.05, 0.1) is 5.52 Å². The molecule has 0 aliphatic rings. The number of aromatic nitrogens is 1. The summed E-state index contributed by atoms with van der Waals surface area (Å²) in [5.41, 5.74) is 9.49. The Kier molecular flexibility index (Phi) is 3.80. The summed E-state index contributed by atoms with van der Waals surface area (Å²) in [4.78, 5) is 5.48. The molecule has 2 N–H and O–H groups in total. The van der Waals surface area contributed by atoms with Crippen LogP contribution < -0.4 is 5.73 Å². The lowest BCUT2D eigenvalue weighted by molar-refractivity contribution is 0.628. The van der Waals surface area contributed by atoms with E-state index in [1.807, 2.05) is 37.3 Å². The van der Waals surface area contributed by atoms with E-state index in [-0.39, 0.29) is 5.82 Å². The molecule has 0 unspecified atom stereocenters. The van der Waals surface area contributed by atoms with E-state index in [1.165, 1.54) is 11.6 Å². The summed E-state index contributed by atoms with van der Waals surface area (Å²) in [5, 5.41) is 0.831. The van der Waals surface area contributed by atoms with Crippen LogP contribution in [0.15, 0.2) is 53.6 Å². The van der Waals surface area contributed by atoms with Crippen LogP contribution >= 0.6 is 11.8 Å². The quantitative estimate of drug-likeness (QED) is 0.569. The number of rotatable bonds is 3. The minimum absolute atomic E-state index is 0.226. The van der Waals surface area contributed by atoms with E-state index in [2.05, 4.69) is 4.98 Å². The van der Waals surface area contributed by atoms with Crippen LogP contribution in [-0.2, 0) is 5.75 Å². The van der Waals surface area contributed by atoms with Crippen molar-refractivity contribution >= 4 is 28.4 Å². The highest BCUT2D eigenvalue weighted by Gasteiger charge is 2.07. The number of benzene rings is 2. The van der Waals surface area contributed by atoms with Crippen LogP contribution in [0.25, 0.3) is 10.9 Å². The van der Waals surface area contributed by atoms with Gasteiger partial charge in [0.2, 0.25) is 0 Å². The molecule has 0 amide bonds. The van der Waals surface area contributed by atoms with E-state index in [0.717, 1.165) is 27.0 Å². The summed E-state index contributed by atoms with van der Waals surface area (Å²) in [5.74, 6) is 0.436. The number of aryl methyl sites for hydroxylation is 1. The zero-order valence-corrected chi connectivity index (χ0v) is 12.5. The molecule has 3 aromatic rings. The van der Waals surface area contributed by atoms with Crippen LogP contribution in [0.1, 0.15) is 11.1 Å². The van der Waals surface area contributed by atoms with Crippen LogP contribution in [0.3, 0.4) is 0 Å². The van der Waals surface area contributed by atoms with Gasteiger partial charge in [-0.3, -0.25) is 4.98 Å². The number of hydrogen-bond donors (Lipinski definition) is 1. The molecule has 2 nitrogen and oxygen atoms in total. The number of nitrogens with zero attached hydrogens (tertiary/aromatic N) is 1. The molecule has 0 radical (unpaired) electrons. The first-order valence-corrected chi connectivity index (χ1v) is 7.64. The van der Waals surface area contributed by atoms with E-state index in [4.69, 9.17) is 5.73 Å². The van der Waals surface area contributed by atoms with Crippen molar-refractivity contribution in [3.63, 3.8) is 0 Å². The standard InChI is InChI=1S/C17H15FN2S/c1-11-4-5-15(19)9-16(11)21-10-13-8-14(18)7-12-3-2-6-20-17(12)13/h2-9H,10,19H2,1H3. The van der Waals surface area contributed by atoms with Crippen LogP contribution in [0.2, 0.25) is 0 Å². The van der Waals surface area contributed by atoms with Crippen LogP contribution in [0.4, 0.5) is 10.1 Å². The van der Waals surface area contributed by atoms with Gasteiger partial charge in [-0.1, -0.05) is 12.1 Å². The van der Waals surface area contributed by atoms with E-state index in [0.29, 0.717) is 5.75 Å². The number of nitrogens with two attached hydrogens (primary N) is 1. The molecule has 3 rings (SSSR count). The highest BCUT2D eigenvalue weighted by atomic mass is 32.2. The monoisotopic (exact) mass is 298 g/mol. The lowest BCUT2D eigenvalue weighted by Crippen LogP contribution is -1.91. The largest absolute Gasteiger partial charge is 0.399 e. The summed E-state index contributed by atoms with van der Waals surface area (Å²) < 4.78 is 13.7. The zero-order valence-electron chi connectivity index (χ0n) is 11.6. The van der Waals surface area contributed by atoms with Crippen molar-refractivity contribution in [2.45, 2.75) is 17.6 Å². The number of thioether (sulfide) groups is 1. The summed E-state index contributed by atoms with van der Waals surface area (Å²) in [6, 6.07) is 12.6. The molecular weight excluding hydrogens is 283 g/mol. The number of halogens is 1. The summed E-state index contributed by atoms with van der Waals surface area (Å²) in [6.45, 7) is 2.05. The predicted octanol–water partition coefficient (Wildman–Crippen LogP) is 4.56. The fourth-order valence-electron chi connectivity index (χ4n) is 2.27. The van der Waals surface area contributed by atoms with Gasteiger partial charge in [-0.2, -0.15) is 0 Å². The third-order valence-corrected chi connectivity index (χ3v) is 4.55. The van der Waals surface area contributed by atoms with Gasteiger partial charge in [0.25, 0.3) is 0 Å². The Labute approximate surface area is 127 Å². The molecule has 1 aromatic heterocycles. The molecule has 106 valence electrons. The van der Waals surface area contributed by atoms with E-state index in [1.54, 1.807) is 24.0 Å². The number of pyridine rings is 1. The maximum Gasteiger partial charge on any atom is 0.124 e. The number of hydrogen-bond acceptors (Lipinski definition) is 3. The molecular formula is C17H15FN2S. The average Bonchev–Trinajstić information content (AvgIpc) is 2.47. The Morgan fingerprint density at radius 1 is 1.19 bits per heavy atom. The van der Waals surface area contributed by atoms with Gasteiger partial charge >= 0.3 is 0 Å². The molecule has 0 fully saturated rings. The van der Waals surface area contributed by atoms with Crippen LogP contribution in [-0.4, -0.2) is 4.98 Å². The predicted molar refractivity (Wildman–Crippen MR) is 86.9 cm³/mol. The molecule has 0 aliphatic carbocycles. The Hall–Kier alpha value is -2.07. The first kappa shape index (κ1) is 13.9. The molecule has 0 saturated carbocycles. The van der Waals surface area contributed by atoms with Crippen LogP contribution in [0.5, 0.6) is 0 Å². The van der Waals surface area contributed by atoms with Crippen molar-refractivity contribution < 1.29 is 4.39 Å². The van der Waals surface area contributed by atoms with Crippen molar-refractivity contribution in [3.05, 3.63) is 65.6 Å². The van der Waals surface area contributed by atoms with Crippen molar-refractivity contribution in [3.8, 4) is 0 Å². The Morgan fingerprint density at radius 2 is 2.05 bits per heavy atom. The average molecular weight is 298 g/mol. The molecule has 0 saturated heterocycles. The van der Waals surface area contributed by atoms with Gasteiger partial charge in [0.15, 0.2) is 0 Å². The maximum absolute atomic E-state index is 13.7. The Balaban J connectivity index is 1.93. The van der Waals surface area contributed by atoms with Gasteiger partial charge in [-0.15, -0.1) is 11.8 Å². The van der Waals surface area contributed by atoms with Gasteiger partial charge in [-0.25, -0.2) is 4.39 Å². The third-order valence-electron chi connectivity index (χ3n) is 3.34. The molecule has 2 aromatic carbocycles. The molecule has 0 atom stereocenters. The van der Waals surface area contributed by atoms with E-state index < -0.39 is 0 Å². The SMILES string of the molecule is Cc1ccc(N)cc1SCc1cc(F)cc2cccnc12. The minimum Gasteiger partial charge on any atom is -0.399 e. The van der Waals surface area contributed by atoms with E-state index in [9.17, 15) is 4.39 Å². The second-order valence-corrected chi connectivity index (χ2v) is 5.97. The summed E-state index contributed by atoms with van der Waals surface area (Å²) >= 11 is 1.65. The lowest BCUT2D eigenvalue weighted by atomic mass is 10.1. The van der Waals surface area contributed by atoms with Crippen molar-refractivity contribution in [2.24, 2.45) is 0 Å². The first-order chi connectivity index (χ1) is 10.1. The van der Waals surface area contributed by atoms with E-state index >= 15 is 0 Å². The van der Waals surface area contributed by atoms with Crippen molar-refractivity contribution in [1.29, 1.82) is 0 Å². The van der Waals surface area contributed by atoms with Gasteiger partial charge in [0.1, 0.15) is 5.82 Å². The molecule has 0 bridgehead atoms. The molecule has 0 aliphatic heterocycles. The topological polar surface area (TPSA) is 38.9 Å². The minimum atomic E-state index is -0.226. The lowest BCUT2D eigenvalue weighted by Gasteiger charge is -2.09. The van der Waals surface area contributed by atoms with Gasteiger partial charge in [-0.05, 0) is 48.4 Å². The molecule has 1 heterocycles. The second kappa shape index (κ2) is 5.74. The molecule has 0 spiro atoms. The summed E-state index contributed by atoms with van der Waals surface area (Å²) in [6.07, 6.45) is 1.74. The molecule has 4 heteroatoms. The summed E-state index contributed by atoms with van der Waals surface area (Å²) in [7, 11) is 0. The van der Waals surface area contributed by atoms with Gasteiger partial charge < -0.3 is 5.73 Å². The maximum atomic E-state index is 13.7. The number of nitrogen functional groups attached to an aromatic ring is 1. The van der Waals surface area contributed by atoms with Crippen molar-refractivity contribution in [1.82, 2.24) is 4.98 Å². The highest BCUT2D eigenvalue weighted by Crippen LogP contribution is 2.30. The fourth-order valence-corrected chi connectivity index (χ4v) is 3.31. The Morgan fingerprint density at radius 3 is 2.90 bits per heavy atom. The normalized spacial score (nSPS) is 11.0. The molecule has 21 heavy (non-hydrogen) atoms. The fraction of sp³-hybridized carbons (Fsp3) is 0.118. The first-order valence-electron chi connectivity index (χ1n) is 6.65. The third kappa shape index (κ3) is 3.00. The number of anilines is 1. The Bertz CT molecular complexity index is 802. The highest BCUT2D eigenvalue weighted by molar-refractivity contribution is 7.98. The second-order valence-electron chi connectivity index (χ2n) is 4.95. The number of fused-ring (bicyclic) bond motifs is 1. The van der Waals surface area contributed by atoms with Crippen LogP contribution in [0, 0.1) is 12.7 Å². The van der Waals surface area contributed by atoms with Gasteiger partial charge in [0, 0.05) is 27.9 Å². The van der Waals surface area contributed by atoms with Crippen molar-refractivity contribution in [2.75, 3.05) is 5.73 Å². The zero-order chi connectivity index (χ0) is 14.8.